The van der Waals surface area contributed by atoms with Crippen LogP contribution in [0.3, 0.4) is 0 Å². The lowest BCUT2D eigenvalue weighted by atomic mass is 9.44. The Hall–Kier alpha value is -1.23. The van der Waals surface area contributed by atoms with Gasteiger partial charge in [0.1, 0.15) is 6.04 Å². The molecule has 1 N–H and O–H groups in total. The molecule has 1 aromatic heterocycles. The van der Waals surface area contributed by atoms with E-state index in [2.05, 4.69) is 24.0 Å². The number of hydrogen-bond acceptors (Lipinski definition) is 4. The van der Waals surface area contributed by atoms with Crippen LogP contribution in [-0.4, -0.2) is 31.5 Å². The highest BCUT2D eigenvalue weighted by Gasteiger charge is 2.62. The smallest absolute Gasteiger partial charge is 0.162 e. The van der Waals surface area contributed by atoms with Gasteiger partial charge in [0.2, 0.25) is 0 Å². The van der Waals surface area contributed by atoms with E-state index in [1.165, 1.54) is 38.5 Å². The fraction of sp³-hybridized carbons (Fsp3) is 0.880. The molecule has 0 saturated heterocycles. The lowest BCUT2D eigenvalue weighted by Crippen LogP contribution is -2.55. The van der Waals surface area contributed by atoms with E-state index in [1.54, 1.807) is 17.2 Å². The van der Waals surface area contributed by atoms with Gasteiger partial charge >= 0.3 is 0 Å². The van der Waals surface area contributed by atoms with E-state index < -0.39 is 5.60 Å². The molecule has 0 bridgehead atoms. The molecule has 5 rings (SSSR count). The summed E-state index contributed by atoms with van der Waals surface area (Å²) >= 11 is 0. The van der Waals surface area contributed by atoms with Crippen molar-refractivity contribution in [1.82, 2.24) is 15.0 Å². The molecule has 0 spiro atoms. The number of carbonyl (C=O) groups is 1. The van der Waals surface area contributed by atoms with E-state index in [-0.39, 0.29) is 17.4 Å². The zero-order valence-electron chi connectivity index (χ0n) is 19.2. The first-order valence-electron chi connectivity index (χ1n) is 12.3. The molecule has 166 valence electrons. The molecule has 2 unspecified atom stereocenters. The Kier molecular flexibility index (Phi) is 4.74. The van der Waals surface area contributed by atoms with Crippen molar-refractivity contribution in [2.45, 2.75) is 97.1 Å². The van der Waals surface area contributed by atoms with Crippen molar-refractivity contribution < 1.29 is 9.90 Å². The van der Waals surface area contributed by atoms with Gasteiger partial charge in [-0.15, -0.1) is 0 Å². The normalized spacial score (nSPS) is 49.0. The number of Topliss-reactive ketones (excluding diaryl/α,β-unsaturated/α-hetero) is 1. The zero-order chi connectivity index (χ0) is 21.3. The highest BCUT2D eigenvalue weighted by molar-refractivity contribution is 5.85. The van der Waals surface area contributed by atoms with Crippen molar-refractivity contribution >= 4 is 5.78 Å². The van der Waals surface area contributed by atoms with E-state index in [0.29, 0.717) is 23.0 Å². The summed E-state index contributed by atoms with van der Waals surface area (Å²) in [7, 11) is 0. The molecule has 9 atom stereocenters. The zero-order valence-corrected chi connectivity index (χ0v) is 19.2. The minimum atomic E-state index is -0.470. The minimum Gasteiger partial charge on any atom is -0.390 e. The van der Waals surface area contributed by atoms with E-state index in [0.717, 1.165) is 31.1 Å². The van der Waals surface area contributed by atoms with Crippen LogP contribution in [0, 0.1) is 40.4 Å². The number of aromatic nitrogens is 3. The summed E-state index contributed by atoms with van der Waals surface area (Å²) in [6, 6.07) is -0.271. The molecule has 5 heteroatoms. The van der Waals surface area contributed by atoms with E-state index in [4.69, 9.17) is 0 Å². The van der Waals surface area contributed by atoms with Crippen molar-refractivity contribution in [3.63, 3.8) is 0 Å². The Morgan fingerprint density at radius 3 is 2.40 bits per heavy atom. The summed E-state index contributed by atoms with van der Waals surface area (Å²) in [6.45, 7) is 8.96. The molecule has 0 radical (unpaired) electrons. The molecule has 1 aromatic rings. The molecular formula is C25H39N3O2. The third-order valence-electron chi connectivity index (χ3n) is 10.5. The second kappa shape index (κ2) is 6.88. The Labute approximate surface area is 181 Å². The molecule has 4 fully saturated rings. The van der Waals surface area contributed by atoms with Crippen LogP contribution in [0.25, 0.3) is 0 Å². The first-order valence-corrected chi connectivity index (χ1v) is 12.3. The summed E-state index contributed by atoms with van der Waals surface area (Å²) in [5, 5.41) is 19.2. The molecule has 4 aliphatic rings. The molecule has 0 amide bonds. The van der Waals surface area contributed by atoms with Crippen molar-refractivity contribution in [3.05, 3.63) is 12.4 Å². The molecule has 30 heavy (non-hydrogen) atoms. The topological polar surface area (TPSA) is 68.0 Å². The van der Waals surface area contributed by atoms with Crippen LogP contribution in [0.15, 0.2) is 12.4 Å². The van der Waals surface area contributed by atoms with Crippen molar-refractivity contribution in [1.29, 1.82) is 0 Å². The number of carbonyl (C=O) groups excluding carboxylic acids is 1. The maximum absolute atomic E-state index is 13.5. The Bertz CT molecular complexity index is 805. The van der Waals surface area contributed by atoms with Crippen molar-refractivity contribution in [2.24, 2.45) is 40.4 Å². The first kappa shape index (κ1) is 20.7. The summed E-state index contributed by atoms with van der Waals surface area (Å²) < 4.78 is 0. The van der Waals surface area contributed by atoms with Gasteiger partial charge in [-0.05, 0) is 106 Å². The molecule has 0 aromatic carbocycles. The van der Waals surface area contributed by atoms with Gasteiger partial charge in [0, 0.05) is 5.92 Å². The number of rotatable bonds is 3. The highest BCUT2D eigenvalue weighted by atomic mass is 16.3. The van der Waals surface area contributed by atoms with Gasteiger partial charge in [-0.2, -0.15) is 15.0 Å². The average Bonchev–Trinajstić information content (AvgIpc) is 3.35. The molecular weight excluding hydrogens is 374 g/mol. The lowest BCUT2D eigenvalue weighted by molar-refractivity contribution is -0.151. The molecule has 4 aliphatic carbocycles. The number of nitrogens with zero attached hydrogens (tertiary/aromatic N) is 3. The quantitative estimate of drug-likeness (QED) is 0.771. The highest BCUT2D eigenvalue weighted by Crippen LogP contribution is 2.68. The van der Waals surface area contributed by atoms with E-state index in [9.17, 15) is 9.90 Å². The van der Waals surface area contributed by atoms with E-state index in [1.807, 2.05) is 13.8 Å². The van der Waals surface area contributed by atoms with Gasteiger partial charge in [0.15, 0.2) is 5.78 Å². The van der Waals surface area contributed by atoms with Gasteiger partial charge < -0.3 is 5.11 Å². The lowest BCUT2D eigenvalue weighted by Gasteiger charge is -2.61. The fourth-order valence-corrected chi connectivity index (χ4v) is 8.73. The predicted octanol–water partition coefficient (Wildman–Crippen LogP) is 4.82. The van der Waals surface area contributed by atoms with Crippen LogP contribution in [-0.2, 0) is 4.79 Å². The Morgan fingerprint density at radius 1 is 0.967 bits per heavy atom. The van der Waals surface area contributed by atoms with Crippen LogP contribution in [0.4, 0.5) is 0 Å². The number of aliphatic hydroxyl groups is 1. The van der Waals surface area contributed by atoms with Gasteiger partial charge in [0.25, 0.3) is 0 Å². The minimum absolute atomic E-state index is 0.128. The van der Waals surface area contributed by atoms with Gasteiger partial charge in [-0.1, -0.05) is 13.8 Å². The predicted molar refractivity (Wildman–Crippen MR) is 116 cm³/mol. The van der Waals surface area contributed by atoms with Crippen LogP contribution >= 0.6 is 0 Å². The van der Waals surface area contributed by atoms with Gasteiger partial charge in [0.05, 0.1) is 18.0 Å². The van der Waals surface area contributed by atoms with Crippen molar-refractivity contribution in [2.75, 3.05) is 0 Å². The third kappa shape index (κ3) is 2.94. The number of ketones is 1. The van der Waals surface area contributed by atoms with Crippen LogP contribution in [0.2, 0.25) is 0 Å². The molecule has 0 aliphatic heterocycles. The maximum atomic E-state index is 13.5. The number of hydrogen-bond donors (Lipinski definition) is 1. The van der Waals surface area contributed by atoms with Crippen LogP contribution in [0.5, 0.6) is 0 Å². The SMILES string of the molecule is C[C@H](C(=O)[C@H]1CC[C@H]2C3CC[C@@H]4C[C@](C)(O)CC[C@]4(C)[C@H]3CCC12C)n1nccn1. The monoisotopic (exact) mass is 413 g/mol. The molecule has 5 nitrogen and oxygen atoms in total. The standard InChI is InChI=1S/C25H39N3O2/c1-16(28-26-13-14-27-28)22(29)21-8-7-19-18-6-5-17-15-23(2,30)11-12-24(17,3)20(18)9-10-25(19,21)4/h13-14,16-21,30H,5-12,15H2,1-4H3/t16-,17-,18?,19+,20+,21-,23-,24+,25?/m1/s1. The summed E-state index contributed by atoms with van der Waals surface area (Å²) in [5.41, 5.74) is 0.0333. The summed E-state index contributed by atoms with van der Waals surface area (Å²) in [5.74, 6) is 3.33. The van der Waals surface area contributed by atoms with Crippen molar-refractivity contribution in [3.8, 4) is 0 Å². The first-order chi connectivity index (χ1) is 14.2. The average molecular weight is 414 g/mol. The maximum Gasteiger partial charge on any atom is 0.162 e. The van der Waals surface area contributed by atoms with Crippen LogP contribution < -0.4 is 0 Å². The molecule has 4 saturated carbocycles. The van der Waals surface area contributed by atoms with E-state index >= 15 is 0 Å². The largest absolute Gasteiger partial charge is 0.390 e. The van der Waals surface area contributed by atoms with Crippen LogP contribution in [0.1, 0.15) is 91.5 Å². The number of fused-ring (bicyclic) bond motifs is 5. The summed E-state index contributed by atoms with van der Waals surface area (Å²) in [4.78, 5) is 15.1. The fourth-order valence-electron chi connectivity index (χ4n) is 8.73. The van der Waals surface area contributed by atoms with Gasteiger partial charge in [-0.3, -0.25) is 4.79 Å². The Balaban J connectivity index is 1.37. The third-order valence-corrected chi connectivity index (χ3v) is 10.5. The molecule has 1 heterocycles. The second-order valence-corrected chi connectivity index (χ2v) is 12.0. The van der Waals surface area contributed by atoms with Gasteiger partial charge in [-0.25, -0.2) is 0 Å². The summed E-state index contributed by atoms with van der Waals surface area (Å²) in [6.07, 6.45) is 13.6. The second-order valence-electron chi connectivity index (χ2n) is 12.0. The Morgan fingerprint density at radius 2 is 1.67 bits per heavy atom.